The van der Waals surface area contributed by atoms with E-state index >= 15 is 9.59 Å². The molecule has 7 spiro atoms. The summed E-state index contributed by atoms with van der Waals surface area (Å²) in [6.45, 7) is 1.74. The first-order valence-electron chi connectivity index (χ1n) is 30.7. The number of nitrogens with zero attached hydrogens (tertiary/aromatic N) is 2. The van der Waals surface area contributed by atoms with Crippen LogP contribution in [0.1, 0.15) is 194 Å². The number of aliphatic hydroxyl groups excluding tert-OH is 5. The van der Waals surface area contributed by atoms with Crippen molar-refractivity contribution >= 4 is 33.7 Å². The minimum absolute atomic E-state index is 0.00492. The summed E-state index contributed by atoms with van der Waals surface area (Å²) in [4.78, 5) is 48.4. The van der Waals surface area contributed by atoms with Crippen molar-refractivity contribution in [2.24, 2.45) is 33.0 Å². The van der Waals surface area contributed by atoms with Crippen LogP contribution in [0, 0.1) is 51.8 Å². The lowest BCUT2D eigenvalue weighted by Gasteiger charge is -2.64. The zero-order valence-electron chi connectivity index (χ0n) is 46.2. The van der Waals surface area contributed by atoms with Crippen molar-refractivity contribution in [2.45, 2.75) is 189 Å². The number of imidazole rings is 1. The molecule has 5 saturated carbocycles. The summed E-state index contributed by atoms with van der Waals surface area (Å²) in [6.07, 6.45) is 15.8. The molecule has 15 nitrogen and oxygen atoms in total. The number of phenols is 1. The van der Waals surface area contributed by atoms with Gasteiger partial charge in [-0.25, -0.2) is 9.97 Å². The highest BCUT2D eigenvalue weighted by Gasteiger charge is 2.78. The van der Waals surface area contributed by atoms with Gasteiger partial charge >= 0.3 is 0 Å². The first kappa shape index (κ1) is 49.3. The largest absolute Gasteiger partial charge is 0.507 e. The molecule has 9 N–H and O–H groups in total. The number of nitrogens with one attached hydrogen (secondary N) is 3. The molecule has 6 fully saturated rings. The Morgan fingerprint density at radius 2 is 1.62 bits per heavy atom. The van der Waals surface area contributed by atoms with Crippen molar-refractivity contribution in [3.63, 3.8) is 0 Å². The molecule has 3 aromatic heterocycles. The van der Waals surface area contributed by atoms with Crippen molar-refractivity contribution in [1.29, 1.82) is 0 Å². The zero-order valence-corrected chi connectivity index (χ0v) is 46.2. The Hall–Kier alpha value is -6.12. The number of benzene rings is 2. The highest BCUT2D eigenvalue weighted by Crippen LogP contribution is 2.79. The Morgan fingerprint density at radius 1 is 0.817 bits per heavy atom. The van der Waals surface area contributed by atoms with Crippen LogP contribution in [0.3, 0.4) is 0 Å². The van der Waals surface area contributed by atoms with Gasteiger partial charge in [-0.1, -0.05) is 50.0 Å². The molecule has 422 valence electrons. The fraction of sp³-hybridized carbons (Fsp3) is 0.552. The Labute approximate surface area is 474 Å². The lowest BCUT2D eigenvalue weighted by Crippen LogP contribution is -2.79. The van der Waals surface area contributed by atoms with Crippen LogP contribution in [0.15, 0.2) is 60.2 Å². The van der Waals surface area contributed by atoms with Gasteiger partial charge < -0.3 is 55.4 Å². The van der Waals surface area contributed by atoms with E-state index in [4.69, 9.17) is 19.4 Å². The van der Waals surface area contributed by atoms with Crippen molar-refractivity contribution in [2.75, 3.05) is 11.9 Å². The van der Waals surface area contributed by atoms with Crippen molar-refractivity contribution in [3.05, 3.63) is 116 Å². The van der Waals surface area contributed by atoms with E-state index < -0.39 is 75.6 Å². The summed E-state index contributed by atoms with van der Waals surface area (Å²) in [5, 5.41) is 84.9. The average molecular weight is 1100 g/mol. The fourth-order valence-electron chi connectivity index (χ4n) is 22.0. The fourth-order valence-corrected chi connectivity index (χ4v) is 22.0. The standard InChI is InChI=1S/C67H69N5O10/c1-33-23-37-45(41(73)24-33)53(76)48-42-25-36-34(46(48)52(37)75)11-22-69-58(36)70-29-44(74)64-31-61(14-4-5-15-61)39-9-8-17-63-16-6-7-18-65(63,43-28-68-32-71-43)55-35(10-19-63)47(50(39)64)51(72-55)38-26-66(81-42)56(78)54(77)57(79)67(82-66)49(38)40(64)27-62(59(67)80)21-20-60(30-62)12-2-3-13-60/h11,22-26,28,32,39,44,50,54,56-57,59,72-74,77-80H,2-7,10,12-21,27,29-31H2,1H3,(H,68,71)(H,69,70)/t39-,44+,50+,54-,56-,57+,59+,62-,63+,64+,65+,66-,67+/m1/s1. The van der Waals surface area contributed by atoms with Gasteiger partial charge in [0.05, 0.1) is 35.1 Å². The number of phenolic OH excluding ortho intramolecular Hbond substituents is 1. The van der Waals surface area contributed by atoms with E-state index in [1.165, 1.54) is 11.6 Å². The third-order valence-corrected chi connectivity index (χ3v) is 25.1. The predicted molar refractivity (Wildman–Crippen MR) is 300 cm³/mol. The van der Waals surface area contributed by atoms with Gasteiger partial charge in [0.2, 0.25) is 5.78 Å². The molecule has 4 aliphatic heterocycles. The monoisotopic (exact) mass is 1100 g/mol. The maximum atomic E-state index is 15.5. The van der Waals surface area contributed by atoms with E-state index in [0.29, 0.717) is 65.4 Å². The van der Waals surface area contributed by atoms with Gasteiger partial charge in [0.15, 0.2) is 17.5 Å². The molecule has 12 bridgehead atoms. The normalized spacial score (nSPS) is 39.7. The van der Waals surface area contributed by atoms with Gasteiger partial charge in [-0.15, -0.1) is 5.92 Å². The minimum atomic E-state index is -2.48. The Balaban J connectivity index is 1.01. The molecular formula is C67H69N5O10. The molecule has 82 heavy (non-hydrogen) atoms. The third kappa shape index (κ3) is 5.51. The van der Waals surface area contributed by atoms with Crippen molar-refractivity contribution in [3.8, 4) is 23.3 Å². The number of pyridine rings is 1. The summed E-state index contributed by atoms with van der Waals surface area (Å²) in [5.74, 6) is 3.61. The van der Waals surface area contributed by atoms with Crippen LogP contribution in [-0.4, -0.2) is 111 Å². The van der Waals surface area contributed by atoms with Crippen LogP contribution in [0.2, 0.25) is 0 Å². The molecule has 2 aromatic carbocycles. The topological polar surface area (TPSA) is 243 Å². The first-order chi connectivity index (χ1) is 39.6. The molecule has 11 aliphatic carbocycles. The first-order valence-corrected chi connectivity index (χ1v) is 30.7. The number of carbonyl (C=O) groups is 2. The lowest BCUT2D eigenvalue weighted by molar-refractivity contribution is -0.366. The number of hydrogen-bond donors (Lipinski definition) is 9. The predicted octanol–water partition coefficient (Wildman–Crippen LogP) is 8.54. The third-order valence-electron chi connectivity index (χ3n) is 25.1. The molecule has 5 aromatic rings. The Kier molecular flexibility index (Phi) is 9.50. The van der Waals surface area contributed by atoms with Crippen molar-refractivity contribution in [1.82, 2.24) is 19.9 Å². The van der Waals surface area contributed by atoms with Crippen LogP contribution in [-0.2, 0) is 16.6 Å². The number of aryl methyl sites for hydroxylation is 1. The van der Waals surface area contributed by atoms with Gasteiger partial charge in [-0.05, 0) is 165 Å². The summed E-state index contributed by atoms with van der Waals surface area (Å²) < 4.78 is 15.2. The number of H-pyrrole nitrogens is 2. The molecule has 1 saturated heterocycles. The summed E-state index contributed by atoms with van der Waals surface area (Å²) in [7, 11) is 0. The minimum Gasteiger partial charge on any atom is -0.507 e. The van der Waals surface area contributed by atoms with E-state index in [1.54, 1.807) is 43.7 Å². The number of fused-ring (bicyclic) bond motifs is 7. The molecule has 13 atom stereocenters. The van der Waals surface area contributed by atoms with Gasteiger partial charge in [0, 0.05) is 87.2 Å². The highest BCUT2D eigenvalue weighted by atomic mass is 16.7. The maximum Gasteiger partial charge on any atom is 0.261 e. The van der Waals surface area contributed by atoms with Gasteiger partial charge in [-0.2, -0.15) is 0 Å². The quantitative estimate of drug-likeness (QED) is 0.0702. The SMILES string of the molecule is Cc1cc(O)c2c(c1)C(=O)c1c(c3cc4c(nccc14)NC[C@H](O)[C@@]14CC5(CCCC5)[C@@H]5C#CC[C@]67CCCC[C@]6(c6cnc[nH]6)c6[nH]c(c(c6CC7)[C@H]51)C1=C[C@@]5(O3)O[C@@]3(C1=C4C[C@@]1(CCC4(CCCC4)C1)[C@@H]3O)[C@@H](O)[C@H](O)[C@H]5O)C2=O. The lowest BCUT2D eigenvalue weighted by atomic mass is 9.47. The second kappa shape index (κ2) is 15.8. The van der Waals surface area contributed by atoms with Gasteiger partial charge in [-0.3, -0.25) is 9.59 Å². The number of aromatic hydroxyl groups is 1. The van der Waals surface area contributed by atoms with Crippen LogP contribution in [0.25, 0.3) is 16.3 Å². The molecular weight excluding hydrogens is 1030 g/mol. The summed E-state index contributed by atoms with van der Waals surface area (Å²) in [5.41, 5.74) is 1.77. The summed E-state index contributed by atoms with van der Waals surface area (Å²) >= 11 is 0. The number of carbonyl (C=O) groups excluding carboxylic acids is 2. The number of aromatic amines is 2. The Bertz CT molecular complexity index is 3890. The number of ether oxygens (including phenoxy) is 2. The highest BCUT2D eigenvalue weighted by molar-refractivity contribution is 6.34. The second-order valence-electron chi connectivity index (χ2n) is 28.3. The number of anilines is 1. The number of hydrogen-bond acceptors (Lipinski definition) is 13. The van der Waals surface area contributed by atoms with E-state index in [9.17, 15) is 30.6 Å². The van der Waals surface area contributed by atoms with E-state index in [2.05, 4.69) is 27.1 Å². The summed E-state index contributed by atoms with van der Waals surface area (Å²) in [6, 6.07) is 6.31. The van der Waals surface area contributed by atoms with E-state index in [0.717, 1.165) is 125 Å². The average Bonchev–Trinajstić information content (AvgIpc) is 1.89. The molecule has 0 amide bonds. The zero-order chi connectivity index (χ0) is 55.5. The van der Waals surface area contributed by atoms with Crippen molar-refractivity contribution < 1.29 is 49.7 Å². The molecule has 20 rings (SSSR count). The molecule has 0 unspecified atom stereocenters. The van der Waals surface area contributed by atoms with Crippen LogP contribution in [0.5, 0.6) is 11.5 Å². The molecule has 15 aliphatic rings. The van der Waals surface area contributed by atoms with Crippen LogP contribution >= 0.6 is 0 Å². The second-order valence-corrected chi connectivity index (χ2v) is 28.3. The maximum absolute atomic E-state index is 15.5. The van der Waals surface area contributed by atoms with Gasteiger partial charge in [0.1, 0.15) is 29.5 Å². The van der Waals surface area contributed by atoms with E-state index in [1.807, 2.05) is 6.20 Å². The van der Waals surface area contributed by atoms with Gasteiger partial charge in [0.25, 0.3) is 5.79 Å². The van der Waals surface area contributed by atoms with E-state index in [-0.39, 0.29) is 62.5 Å². The molecule has 15 heteroatoms. The molecule has 7 heterocycles. The van der Waals surface area contributed by atoms with Crippen LogP contribution < -0.4 is 10.1 Å². The number of ketones is 2. The number of aliphatic hydroxyl groups is 5. The Morgan fingerprint density at radius 3 is 2.44 bits per heavy atom. The number of aromatic nitrogens is 4. The number of rotatable bonds is 1. The molecule has 0 radical (unpaired) electrons. The van der Waals surface area contributed by atoms with Crippen LogP contribution in [0.4, 0.5) is 5.82 Å². The smallest absolute Gasteiger partial charge is 0.261 e.